The molecule has 2 rings (SSSR count). The third-order valence-corrected chi connectivity index (χ3v) is 3.96. The fourth-order valence-electron chi connectivity index (χ4n) is 3.68. The molecule has 8 nitrogen and oxygen atoms in total. The van der Waals surface area contributed by atoms with Crippen LogP contribution >= 0.6 is 0 Å². The second-order valence-electron chi connectivity index (χ2n) is 7.12. The fourth-order valence-corrected chi connectivity index (χ4v) is 3.68. The highest BCUT2D eigenvalue weighted by Crippen LogP contribution is 2.46. The first-order valence-electron chi connectivity index (χ1n) is 7.29. The van der Waals surface area contributed by atoms with Crippen LogP contribution in [0.2, 0.25) is 0 Å². The van der Waals surface area contributed by atoms with Gasteiger partial charge in [0.15, 0.2) is 5.82 Å². The molecule has 2 atom stereocenters. The maximum absolute atomic E-state index is 12.0. The third-order valence-electron chi connectivity index (χ3n) is 3.96. The number of nitrogens with one attached hydrogen (secondary N) is 3. The van der Waals surface area contributed by atoms with E-state index in [9.17, 15) is 9.59 Å². The number of nitrogens with zero attached hydrogens (tertiary/aromatic N) is 3. The number of hydrogen-bond acceptors (Lipinski definition) is 5. The van der Waals surface area contributed by atoms with Gasteiger partial charge in [-0.3, -0.25) is 5.32 Å². The topological polar surface area (TPSA) is 112 Å². The smallest absolute Gasteiger partial charge is 0.320 e. The van der Waals surface area contributed by atoms with Gasteiger partial charge in [0.25, 0.3) is 0 Å². The van der Waals surface area contributed by atoms with Crippen molar-refractivity contribution >= 4 is 17.9 Å². The molecule has 2 unspecified atom stereocenters. The molecule has 3 N–H and O–H groups in total. The lowest BCUT2D eigenvalue weighted by Gasteiger charge is -2.46. The van der Waals surface area contributed by atoms with E-state index in [4.69, 9.17) is 0 Å². The van der Waals surface area contributed by atoms with Gasteiger partial charge in [-0.1, -0.05) is 20.8 Å². The number of carbonyl (C=O) groups excluding carboxylic acids is 2. The van der Waals surface area contributed by atoms with Crippen LogP contribution in [0.4, 0.5) is 10.6 Å². The maximum Gasteiger partial charge on any atom is 0.320 e. The first-order chi connectivity index (χ1) is 10.3. The Morgan fingerprint density at radius 1 is 1.50 bits per heavy atom. The molecule has 1 aliphatic carbocycles. The number of H-pyrrole nitrogens is 1. The first-order valence-corrected chi connectivity index (χ1v) is 7.29. The molecule has 1 heterocycles. The Labute approximate surface area is 129 Å². The van der Waals surface area contributed by atoms with Gasteiger partial charge in [0.1, 0.15) is 0 Å². The molecule has 1 aromatic heterocycles. The van der Waals surface area contributed by atoms with Crippen molar-refractivity contribution in [2.45, 2.75) is 46.1 Å². The minimum atomic E-state index is -0.308. The zero-order valence-electron chi connectivity index (χ0n) is 13.1. The van der Waals surface area contributed by atoms with E-state index in [2.05, 4.69) is 51.8 Å². The molecule has 120 valence electrons. The van der Waals surface area contributed by atoms with Crippen molar-refractivity contribution in [3.05, 3.63) is 6.20 Å². The number of rotatable bonds is 4. The number of aliphatic imine (C=N–C) groups is 1. The minimum absolute atomic E-state index is 0.0162. The van der Waals surface area contributed by atoms with Gasteiger partial charge < -0.3 is 5.32 Å². The van der Waals surface area contributed by atoms with Crippen LogP contribution in [0.3, 0.4) is 0 Å². The molecule has 0 aliphatic heterocycles. The number of aromatic amines is 1. The molecule has 0 saturated heterocycles. The molecule has 1 aliphatic rings. The summed E-state index contributed by atoms with van der Waals surface area (Å²) < 4.78 is 0. The van der Waals surface area contributed by atoms with Crippen molar-refractivity contribution in [1.29, 1.82) is 0 Å². The van der Waals surface area contributed by atoms with E-state index in [1.807, 2.05) is 0 Å². The molecule has 1 saturated carbocycles. The Morgan fingerprint density at radius 2 is 2.27 bits per heavy atom. The molecular formula is C14H22N6O2. The number of urea groups is 1. The summed E-state index contributed by atoms with van der Waals surface area (Å²) in [5.74, 6) is 0.376. The molecule has 0 aromatic carbocycles. The lowest BCUT2D eigenvalue weighted by atomic mass is 9.62. The molecule has 0 radical (unpaired) electrons. The zero-order valence-corrected chi connectivity index (χ0v) is 13.1. The number of aromatic nitrogens is 3. The number of amides is 2. The van der Waals surface area contributed by atoms with Crippen molar-refractivity contribution in [1.82, 2.24) is 20.7 Å². The number of isocyanates is 1. The average Bonchev–Trinajstić information content (AvgIpc) is 2.86. The highest BCUT2D eigenvalue weighted by molar-refractivity contribution is 5.88. The summed E-state index contributed by atoms with van der Waals surface area (Å²) in [5.41, 5.74) is -0.0533. The van der Waals surface area contributed by atoms with Crippen LogP contribution in [0, 0.1) is 10.8 Å². The molecular weight excluding hydrogens is 284 g/mol. The van der Waals surface area contributed by atoms with Crippen molar-refractivity contribution in [3.8, 4) is 0 Å². The van der Waals surface area contributed by atoms with Crippen LogP contribution in [-0.4, -0.2) is 40.1 Å². The van der Waals surface area contributed by atoms with Crippen molar-refractivity contribution < 1.29 is 9.59 Å². The quantitative estimate of drug-likeness (QED) is 0.582. The minimum Gasteiger partial charge on any atom is -0.335 e. The molecule has 1 aromatic rings. The van der Waals surface area contributed by atoms with Crippen LogP contribution in [-0.2, 0) is 4.79 Å². The van der Waals surface area contributed by atoms with Crippen LogP contribution in [0.15, 0.2) is 11.2 Å². The number of hydrogen-bond donors (Lipinski definition) is 3. The van der Waals surface area contributed by atoms with Gasteiger partial charge in [0.05, 0.1) is 12.7 Å². The van der Waals surface area contributed by atoms with Gasteiger partial charge in [-0.15, -0.1) is 5.10 Å². The summed E-state index contributed by atoms with van der Waals surface area (Å²) in [6.07, 6.45) is 5.65. The highest BCUT2D eigenvalue weighted by Gasteiger charge is 2.41. The maximum atomic E-state index is 12.0. The lowest BCUT2D eigenvalue weighted by Crippen LogP contribution is -2.48. The summed E-state index contributed by atoms with van der Waals surface area (Å²) in [5, 5.41) is 15.5. The van der Waals surface area contributed by atoms with E-state index in [0.29, 0.717) is 12.4 Å². The van der Waals surface area contributed by atoms with Gasteiger partial charge in [-0.05, 0) is 30.1 Å². The summed E-state index contributed by atoms with van der Waals surface area (Å²) in [4.78, 5) is 26.2. The first kappa shape index (κ1) is 16.2. The second kappa shape index (κ2) is 6.27. The summed E-state index contributed by atoms with van der Waals surface area (Å²) in [6, 6.07) is -0.291. The highest BCUT2D eigenvalue weighted by atomic mass is 16.2. The third kappa shape index (κ3) is 4.39. The van der Waals surface area contributed by atoms with Crippen LogP contribution in [0.5, 0.6) is 0 Å². The van der Waals surface area contributed by atoms with Gasteiger partial charge in [0.2, 0.25) is 6.08 Å². The number of anilines is 1. The molecule has 0 bridgehead atoms. The van der Waals surface area contributed by atoms with E-state index in [-0.39, 0.29) is 22.9 Å². The van der Waals surface area contributed by atoms with Crippen LogP contribution in [0.25, 0.3) is 0 Å². The Bertz CT molecular complexity index is 564. The van der Waals surface area contributed by atoms with Crippen LogP contribution < -0.4 is 10.6 Å². The molecule has 2 amide bonds. The molecule has 8 heteroatoms. The summed E-state index contributed by atoms with van der Waals surface area (Å²) in [6.45, 7) is 6.86. The van der Waals surface area contributed by atoms with Crippen LogP contribution in [0.1, 0.15) is 40.0 Å². The Balaban J connectivity index is 2.00. The Hall–Kier alpha value is -2.21. The predicted molar refractivity (Wildman–Crippen MR) is 81.1 cm³/mol. The Morgan fingerprint density at radius 3 is 2.91 bits per heavy atom. The van der Waals surface area contributed by atoms with Crippen molar-refractivity contribution in [3.63, 3.8) is 0 Å². The molecule has 1 fully saturated rings. The van der Waals surface area contributed by atoms with Gasteiger partial charge in [0, 0.05) is 6.04 Å². The van der Waals surface area contributed by atoms with E-state index < -0.39 is 0 Å². The van der Waals surface area contributed by atoms with E-state index in [0.717, 1.165) is 19.3 Å². The van der Waals surface area contributed by atoms with E-state index >= 15 is 0 Å². The SMILES string of the molecule is CC1(C)CC(NC(=O)Nc2cn[nH]n2)CC(C)(CN=C=O)C1. The predicted octanol–water partition coefficient (Wildman–Crippen LogP) is 1.85. The normalized spacial score (nSPS) is 26.8. The average molecular weight is 306 g/mol. The lowest BCUT2D eigenvalue weighted by molar-refractivity contribution is 0.0815. The fraction of sp³-hybridized carbons (Fsp3) is 0.714. The summed E-state index contributed by atoms with van der Waals surface area (Å²) in [7, 11) is 0. The van der Waals surface area contributed by atoms with E-state index in [1.54, 1.807) is 6.08 Å². The standard InChI is InChI=1S/C14H22N6O2/c1-13(2)4-10(5-14(3,7-13)8-15-9-21)17-12(22)18-11-6-16-20-19-11/h6,10H,4-5,7-8H2,1-3H3,(H3,16,17,18,19,20,22). The Kier molecular flexibility index (Phi) is 4.61. The number of carbonyl (C=O) groups is 1. The van der Waals surface area contributed by atoms with E-state index in [1.165, 1.54) is 6.20 Å². The monoisotopic (exact) mass is 306 g/mol. The molecule has 0 spiro atoms. The summed E-state index contributed by atoms with van der Waals surface area (Å²) >= 11 is 0. The second-order valence-corrected chi connectivity index (χ2v) is 7.12. The van der Waals surface area contributed by atoms with Gasteiger partial charge in [-0.2, -0.15) is 10.3 Å². The van der Waals surface area contributed by atoms with Gasteiger partial charge in [-0.25, -0.2) is 14.6 Å². The molecule has 22 heavy (non-hydrogen) atoms. The van der Waals surface area contributed by atoms with Crippen molar-refractivity contribution in [2.24, 2.45) is 15.8 Å². The van der Waals surface area contributed by atoms with Gasteiger partial charge >= 0.3 is 6.03 Å². The van der Waals surface area contributed by atoms with Crippen molar-refractivity contribution in [2.75, 3.05) is 11.9 Å². The zero-order chi connectivity index (χ0) is 16.2. The largest absolute Gasteiger partial charge is 0.335 e.